The van der Waals surface area contributed by atoms with Crippen molar-refractivity contribution in [1.29, 1.82) is 0 Å². The van der Waals surface area contributed by atoms with Crippen LogP contribution in [0, 0.1) is 11.6 Å². The van der Waals surface area contributed by atoms with Gasteiger partial charge < -0.3 is 14.8 Å². The van der Waals surface area contributed by atoms with Crippen molar-refractivity contribution < 1.29 is 23.0 Å². The molecule has 0 bridgehead atoms. The van der Waals surface area contributed by atoms with Crippen molar-refractivity contribution in [2.24, 2.45) is 0 Å². The molecule has 1 aromatic carbocycles. The van der Waals surface area contributed by atoms with Crippen molar-refractivity contribution in [3.8, 4) is 5.75 Å². The number of benzene rings is 1. The van der Waals surface area contributed by atoms with Crippen LogP contribution in [0.3, 0.4) is 0 Å². The van der Waals surface area contributed by atoms with Crippen LogP contribution in [0.25, 0.3) is 0 Å². The molecule has 0 spiro atoms. The first-order valence-electron chi connectivity index (χ1n) is 4.59. The molecule has 1 unspecified atom stereocenters. The number of hydrogen-bond acceptors (Lipinski definition) is 3. The van der Waals surface area contributed by atoms with Gasteiger partial charge in [-0.15, -0.1) is 0 Å². The molecular formula is C10H9F2NO3. The highest BCUT2D eigenvalue weighted by atomic mass is 19.1. The summed E-state index contributed by atoms with van der Waals surface area (Å²) in [4.78, 5) is 10.8. The van der Waals surface area contributed by atoms with E-state index < -0.39 is 23.8 Å². The van der Waals surface area contributed by atoms with Gasteiger partial charge in [-0.05, 0) is 0 Å². The van der Waals surface area contributed by atoms with Gasteiger partial charge in [0.05, 0.1) is 19.2 Å². The van der Waals surface area contributed by atoms with Crippen molar-refractivity contribution in [2.45, 2.75) is 6.10 Å². The molecule has 4 nitrogen and oxygen atoms in total. The van der Waals surface area contributed by atoms with Crippen molar-refractivity contribution in [1.82, 2.24) is 5.32 Å². The molecule has 0 aliphatic carbocycles. The zero-order valence-corrected chi connectivity index (χ0v) is 8.42. The predicted molar refractivity (Wildman–Crippen MR) is 50.1 cm³/mol. The number of methoxy groups -OCH3 is 1. The maximum Gasteiger partial charge on any atom is 0.407 e. The van der Waals surface area contributed by atoms with E-state index in [0.717, 1.165) is 12.1 Å². The first kappa shape index (κ1) is 10.7. The lowest BCUT2D eigenvalue weighted by atomic mass is 10.1. The first-order valence-corrected chi connectivity index (χ1v) is 4.59. The highest BCUT2D eigenvalue weighted by Crippen LogP contribution is 2.32. The molecule has 86 valence electrons. The van der Waals surface area contributed by atoms with Crippen molar-refractivity contribution in [3.05, 3.63) is 29.3 Å². The number of amides is 1. The molecule has 1 atom stereocenters. The Kier molecular flexibility index (Phi) is 2.64. The van der Waals surface area contributed by atoms with Crippen LogP contribution < -0.4 is 10.1 Å². The van der Waals surface area contributed by atoms with Crippen molar-refractivity contribution in [2.75, 3.05) is 13.7 Å². The molecule has 6 heteroatoms. The third-order valence-corrected chi connectivity index (χ3v) is 2.28. The zero-order valence-electron chi connectivity index (χ0n) is 8.42. The number of carbonyl (C=O) groups is 1. The van der Waals surface area contributed by atoms with Gasteiger partial charge >= 0.3 is 6.09 Å². The number of halogens is 2. The molecule has 2 rings (SSSR count). The van der Waals surface area contributed by atoms with Gasteiger partial charge in [-0.3, -0.25) is 0 Å². The van der Waals surface area contributed by atoms with E-state index in [1.807, 2.05) is 0 Å². The van der Waals surface area contributed by atoms with Gasteiger partial charge in [0, 0.05) is 12.1 Å². The highest BCUT2D eigenvalue weighted by molar-refractivity contribution is 5.70. The summed E-state index contributed by atoms with van der Waals surface area (Å²) in [7, 11) is 1.29. The Bertz CT molecular complexity index is 436. The highest BCUT2D eigenvalue weighted by Gasteiger charge is 2.30. The molecule has 1 aliphatic heterocycles. The number of ether oxygens (including phenoxy) is 2. The van der Waals surface area contributed by atoms with E-state index in [2.05, 4.69) is 5.32 Å². The van der Waals surface area contributed by atoms with E-state index in [0.29, 0.717) is 0 Å². The van der Waals surface area contributed by atoms with Crippen LogP contribution in [-0.2, 0) is 4.74 Å². The average molecular weight is 229 g/mol. The molecule has 1 aliphatic rings. The maximum absolute atomic E-state index is 13.5. The molecule has 1 N–H and O–H groups in total. The van der Waals surface area contributed by atoms with E-state index in [9.17, 15) is 13.6 Å². The maximum atomic E-state index is 13.5. The normalized spacial score (nSPS) is 19.2. The summed E-state index contributed by atoms with van der Waals surface area (Å²) in [6, 6.07) is 1.77. The zero-order chi connectivity index (χ0) is 11.7. The first-order chi connectivity index (χ1) is 7.61. The monoisotopic (exact) mass is 229 g/mol. The van der Waals surface area contributed by atoms with Crippen LogP contribution in [-0.4, -0.2) is 19.7 Å². The smallest absolute Gasteiger partial charge is 0.407 e. The quantitative estimate of drug-likeness (QED) is 0.840. The van der Waals surface area contributed by atoms with Crippen molar-refractivity contribution in [3.63, 3.8) is 0 Å². The summed E-state index contributed by atoms with van der Waals surface area (Å²) < 4.78 is 36.1. The molecule has 1 amide bonds. The number of hydrogen-bond donors (Lipinski definition) is 1. The van der Waals surface area contributed by atoms with Gasteiger partial charge in [0.2, 0.25) is 0 Å². The number of carbonyl (C=O) groups excluding carboxylic acids is 1. The Morgan fingerprint density at radius 2 is 2.25 bits per heavy atom. The second kappa shape index (κ2) is 3.96. The van der Waals surface area contributed by atoms with Crippen LogP contribution in [0.5, 0.6) is 5.75 Å². The third-order valence-electron chi connectivity index (χ3n) is 2.28. The number of cyclic esters (lactones) is 1. The molecule has 1 heterocycles. The topological polar surface area (TPSA) is 47.6 Å². The Hall–Kier alpha value is -1.85. The fourth-order valence-corrected chi connectivity index (χ4v) is 1.59. The van der Waals surface area contributed by atoms with E-state index in [4.69, 9.17) is 9.47 Å². The molecule has 0 saturated carbocycles. The summed E-state index contributed by atoms with van der Waals surface area (Å²) in [5.74, 6) is -1.51. The molecule has 0 radical (unpaired) electrons. The minimum atomic E-state index is -0.793. The second-order valence-electron chi connectivity index (χ2n) is 3.28. The van der Waals surface area contributed by atoms with E-state index in [1.165, 1.54) is 7.11 Å². The molecule has 1 saturated heterocycles. The van der Waals surface area contributed by atoms with E-state index >= 15 is 0 Å². The van der Waals surface area contributed by atoms with E-state index in [-0.39, 0.29) is 17.9 Å². The molecule has 0 aromatic heterocycles. The minimum absolute atomic E-state index is 0.0269. The third kappa shape index (κ3) is 1.78. The number of nitrogens with one attached hydrogen (secondary N) is 1. The second-order valence-corrected chi connectivity index (χ2v) is 3.28. The largest absolute Gasteiger partial charge is 0.496 e. The summed E-state index contributed by atoms with van der Waals surface area (Å²) in [5.41, 5.74) is 0.0438. The molecule has 1 fully saturated rings. The fraction of sp³-hybridized carbons (Fsp3) is 0.300. The molecule has 1 aromatic rings. The van der Waals surface area contributed by atoms with Crippen molar-refractivity contribution >= 4 is 6.09 Å². The van der Waals surface area contributed by atoms with Crippen LogP contribution in [0.1, 0.15) is 11.7 Å². The molecular weight excluding hydrogens is 220 g/mol. The summed E-state index contributed by atoms with van der Waals surface area (Å²) in [6.45, 7) is 0.137. The SMILES string of the molecule is COc1cc(F)cc(F)c1C1CNC(=O)O1. The van der Waals surface area contributed by atoms with Gasteiger partial charge in [-0.1, -0.05) is 0 Å². The van der Waals surface area contributed by atoms with Gasteiger partial charge in [0.25, 0.3) is 0 Å². The van der Waals surface area contributed by atoms with Crippen LogP contribution in [0.15, 0.2) is 12.1 Å². The lowest BCUT2D eigenvalue weighted by Crippen LogP contribution is -2.13. The van der Waals surface area contributed by atoms with Gasteiger partial charge in [0.15, 0.2) is 6.10 Å². The van der Waals surface area contributed by atoms with Crippen LogP contribution >= 0.6 is 0 Å². The predicted octanol–water partition coefficient (Wildman–Crippen LogP) is 1.75. The minimum Gasteiger partial charge on any atom is -0.496 e. The Morgan fingerprint density at radius 1 is 1.50 bits per heavy atom. The average Bonchev–Trinajstić information content (AvgIpc) is 2.63. The Labute approximate surface area is 90.2 Å². The summed E-state index contributed by atoms with van der Waals surface area (Å²) in [5, 5.41) is 2.38. The fourth-order valence-electron chi connectivity index (χ4n) is 1.59. The lowest BCUT2D eigenvalue weighted by Gasteiger charge is -2.13. The van der Waals surface area contributed by atoms with Gasteiger partial charge in [0.1, 0.15) is 17.4 Å². The Balaban J connectivity index is 2.42. The van der Waals surface area contributed by atoms with E-state index in [1.54, 1.807) is 0 Å². The summed E-state index contributed by atoms with van der Waals surface area (Å²) in [6.07, 6.45) is -1.42. The Morgan fingerprint density at radius 3 is 2.81 bits per heavy atom. The van der Waals surface area contributed by atoms with Gasteiger partial charge in [-0.25, -0.2) is 13.6 Å². The molecule has 16 heavy (non-hydrogen) atoms. The number of alkyl carbamates (subject to hydrolysis) is 1. The van der Waals surface area contributed by atoms with Crippen LogP contribution in [0.2, 0.25) is 0 Å². The lowest BCUT2D eigenvalue weighted by molar-refractivity contribution is 0.137. The van der Waals surface area contributed by atoms with Crippen LogP contribution in [0.4, 0.5) is 13.6 Å². The number of rotatable bonds is 2. The summed E-state index contributed by atoms with van der Waals surface area (Å²) >= 11 is 0. The van der Waals surface area contributed by atoms with Gasteiger partial charge in [-0.2, -0.15) is 0 Å². The standard InChI is InChI=1S/C10H9F2NO3/c1-15-7-3-5(11)2-6(12)9(7)8-4-13-10(14)16-8/h2-3,8H,4H2,1H3,(H,13,14).